The van der Waals surface area contributed by atoms with Crippen molar-refractivity contribution in [2.75, 3.05) is 13.2 Å². The molecule has 0 heterocycles. The van der Waals surface area contributed by atoms with E-state index in [1.54, 1.807) is 76.2 Å². The summed E-state index contributed by atoms with van der Waals surface area (Å²) < 4.78 is 46.3. The first-order chi connectivity index (χ1) is 22.5. The molecule has 264 valence electrons. The lowest BCUT2D eigenvalue weighted by atomic mass is 9.79. The highest BCUT2D eigenvalue weighted by Crippen LogP contribution is 2.44. The van der Waals surface area contributed by atoms with Gasteiger partial charge in [0.05, 0.1) is 18.1 Å². The maximum Gasteiger partial charge on any atom is 0.350 e. The second-order valence-electron chi connectivity index (χ2n) is 12.0. The van der Waals surface area contributed by atoms with Crippen molar-refractivity contribution in [1.29, 1.82) is 0 Å². The van der Waals surface area contributed by atoms with E-state index in [4.69, 9.17) is 28.2 Å². The van der Waals surface area contributed by atoms with E-state index in [9.17, 15) is 28.5 Å². The Labute approximate surface area is 282 Å². The summed E-state index contributed by atoms with van der Waals surface area (Å²) in [5, 5.41) is 1.01. The fraction of sp³-hybridized carbons (Fsp3) is 0.514. The largest absolute Gasteiger partial charge is 0.463 e. The average Bonchev–Trinajstić information content (AvgIpc) is 3.05. The summed E-state index contributed by atoms with van der Waals surface area (Å²) in [4.78, 5) is 62.9. The number of carbonyl (C=O) groups is 5. The van der Waals surface area contributed by atoms with Crippen LogP contribution in [-0.4, -0.2) is 67.0 Å². The third-order valence-electron chi connectivity index (χ3n) is 7.61. The Kier molecular flexibility index (Phi) is 15.0. The van der Waals surface area contributed by atoms with Crippen LogP contribution < -0.4 is 10.6 Å². The van der Waals surface area contributed by atoms with E-state index >= 15 is 0 Å². The summed E-state index contributed by atoms with van der Waals surface area (Å²) >= 11 is 0. The van der Waals surface area contributed by atoms with Crippen LogP contribution in [0.15, 0.2) is 60.7 Å². The lowest BCUT2D eigenvalue weighted by Gasteiger charge is -2.33. The van der Waals surface area contributed by atoms with Gasteiger partial charge in [0, 0.05) is 17.5 Å². The van der Waals surface area contributed by atoms with Crippen molar-refractivity contribution in [2.24, 2.45) is 5.41 Å². The highest BCUT2D eigenvalue weighted by molar-refractivity contribution is 7.74. The molecule has 0 amide bonds. The number of ether oxygens (including phenoxy) is 5. The van der Waals surface area contributed by atoms with E-state index < -0.39 is 66.5 Å². The van der Waals surface area contributed by atoms with Gasteiger partial charge < -0.3 is 28.2 Å². The van der Waals surface area contributed by atoms with Crippen LogP contribution in [0.5, 0.6) is 0 Å². The predicted octanol–water partition coefficient (Wildman–Crippen LogP) is 4.81. The molecule has 0 aromatic heterocycles. The van der Waals surface area contributed by atoms with Gasteiger partial charge in [-0.3, -0.25) is 14.2 Å². The van der Waals surface area contributed by atoms with Crippen molar-refractivity contribution in [3.63, 3.8) is 0 Å². The van der Waals surface area contributed by atoms with Gasteiger partial charge in [0.15, 0.2) is 12.2 Å². The minimum Gasteiger partial charge on any atom is -0.463 e. The molecule has 0 radical (unpaired) electrons. The molecule has 0 bridgehead atoms. The topological polar surface area (TPSA) is 158 Å². The van der Waals surface area contributed by atoms with Gasteiger partial charge >= 0.3 is 29.8 Å². The molecule has 0 spiro atoms. The zero-order valence-electron chi connectivity index (χ0n) is 28.9. The standard InChI is InChI=1S/C35H47O12P/c1-9-34(7,32(39)42-22-23-43-48(41,28-16-12-10-13-17-28)29-18-14-11-15-19-29)20-21-35(8,33(40)44-24(2)3)47-31(38)26(5)46-30(37)25(4)45-27(6)36/h10-19,24-26H,9,20-23H2,1-8H3. The molecule has 4 unspecified atom stereocenters. The Morgan fingerprint density at radius 3 is 1.71 bits per heavy atom. The minimum atomic E-state index is -3.48. The number of benzene rings is 2. The van der Waals surface area contributed by atoms with E-state index in [2.05, 4.69) is 0 Å². The predicted molar refractivity (Wildman–Crippen MR) is 177 cm³/mol. The summed E-state index contributed by atoms with van der Waals surface area (Å²) in [7, 11) is -3.48. The van der Waals surface area contributed by atoms with Gasteiger partial charge in [-0.1, -0.05) is 43.3 Å². The van der Waals surface area contributed by atoms with Crippen LogP contribution >= 0.6 is 7.37 Å². The van der Waals surface area contributed by atoms with Gasteiger partial charge in [-0.2, -0.15) is 0 Å². The van der Waals surface area contributed by atoms with Crippen molar-refractivity contribution < 1.29 is 56.7 Å². The van der Waals surface area contributed by atoms with Gasteiger partial charge in [-0.05, 0) is 85.1 Å². The summed E-state index contributed by atoms with van der Waals surface area (Å²) in [5.74, 6) is -4.16. The lowest BCUT2D eigenvalue weighted by molar-refractivity contribution is -0.194. The molecule has 0 N–H and O–H groups in total. The van der Waals surface area contributed by atoms with Crippen molar-refractivity contribution >= 4 is 47.8 Å². The summed E-state index contributed by atoms with van der Waals surface area (Å²) in [5.41, 5.74) is -2.98. The van der Waals surface area contributed by atoms with Crippen LogP contribution in [0.1, 0.15) is 74.7 Å². The van der Waals surface area contributed by atoms with Crippen molar-refractivity contribution in [3.8, 4) is 0 Å². The molecule has 0 fully saturated rings. The second kappa shape index (κ2) is 17.9. The highest BCUT2D eigenvalue weighted by Gasteiger charge is 2.45. The average molecular weight is 691 g/mol. The molecule has 2 aromatic carbocycles. The minimum absolute atomic E-state index is 0.0460. The first-order valence-electron chi connectivity index (χ1n) is 15.8. The lowest BCUT2D eigenvalue weighted by Crippen LogP contribution is -2.46. The molecule has 0 aliphatic rings. The quantitative estimate of drug-likeness (QED) is 0.0912. The Balaban J connectivity index is 2.11. The Bertz CT molecular complexity index is 1400. The molecule has 0 saturated heterocycles. The van der Waals surface area contributed by atoms with E-state index in [0.717, 1.165) is 6.92 Å². The molecule has 4 atom stereocenters. The van der Waals surface area contributed by atoms with Crippen molar-refractivity contribution in [2.45, 2.75) is 98.6 Å². The zero-order valence-corrected chi connectivity index (χ0v) is 29.8. The van der Waals surface area contributed by atoms with Gasteiger partial charge in [-0.15, -0.1) is 0 Å². The van der Waals surface area contributed by atoms with E-state index in [0.29, 0.717) is 17.0 Å². The maximum absolute atomic E-state index is 14.0. The van der Waals surface area contributed by atoms with E-state index in [-0.39, 0.29) is 26.1 Å². The summed E-state index contributed by atoms with van der Waals surface area (Å²) in [6.45, 7) is 11.4. The maximum atomic E-state index is 14.0. The van der Waals surface area contributed by atoms with Crippen LogP contribution in [0, 0.1) is 5.41 Å². The molecule has 0 aliphatic carbocycles. The fourth-order valence-electron chi connectivity index (χ4n) is 4.41. The first kappa shape index (κ1) is 40.2. The molecule has 2 rings (SSSR count). The van der Waals surface area contributed by atoms with Gasteiger partial charge in [-0.25, -0.2) is 14.4 Å². The van der Waals surface area contributed by atoms with Gasteiger partial charge in [0.1, 0.15) is 6.61 Å². The number of hydrogen-bond donors (Lipinski definition) is 0. The third kappa shape index (κ3) is 11.3. The second-order valence-corrected chi connectivity index (χ2v) is 14.4. The molecule has 0 saturated carbocycles. The van der Waals surface area contributed by atoms with Crippen molar-refractivity contribution in [1.82, 2.24) is 0 Å². The Hall–Kier alpha value is -4.02. The van der Waals surface area contributed by atoms with Gasteiger partial charge in [0.2, 0.25) is 5.60 Å². The summed E-state index contributed by atoms with van der Waals surface area (Å²) in [6, 6.07) is 17.6. The molecular formula is C35H47O12P. The van der Waals surface area contributed by atoms with Crippen molar-refractivity contribution in [3.05, 3.63) is 60.7 Å². The fourth-order valence-corrected chi connectivity index (χ4v) is 6.47. The van der Waals surface area contributed by atoms with E-state index in [1.165, 1.54) is 20.8 Å². The molecule has 12 nitrogen and oxygen atoms in total. The Morgan fingerprint density at radius 1 is 0.708 bits per heavy atom. The SMILES string of the molecule is CCC(C)(CCC(C)(OC(=O)C(C)OC(=O)C(C)OC(C)=O)C(=O)OC(C)C)C(=O)OCCOP(=O)(c1ccccc1)c1ccccc1. The molecule has 48 heavy (non-hydrogen) atoms. The van der Waals surface area contributed by atoms with Crippen LogP contribution in [-0.2, 0) is 56.7 Å². The molecule has 2 aromatic rings. The normalized spacial score (nSPS) is 15.2. The number of rotatable bonds is 18. The van der Waals surface area contributed by atoms with E-state index in [1.807, 2.05) is 12.1 Å². The number of esters is 5. The first-order valence-corrected chi connectivity index (χ1v) is 17.4. The Morgan fingerprint density at radius 2 is 1.23 bits per heavy atom. The van der Waals surface area contributed by atoms with Crippen LogP contribution in [0.3, 0.4) is 0 Å². The van der Waals surface area contributed by atoms with Crippen LogP contribution in [0.25, 0.3) is 0 Å². The highest BCUT2D eigenvalue weighted by atomic mass is 31.2. The summed E-state index contributed by atoms with van der Waals surface area (Å²) in [6.07, 6.45) is -3.04. The third-order valence-corrected chi connectivity index (χ3v) is 10.1. The number of hydrogen-bond acceptors (Lipinski definition) is 12. The van der Waals surface area contributed by atoms with Gasteiger partial charge in [0.25, 0.3) is 7.37 Å². The molecule has 13 heteroatoms. The van der Waals surface area contributed by atoms with Crippen LogP contribution in [0.4, 0.5) is 0 Å². The monoisotopic (exact) mass is 690 g/mol. The van der Waals surface area contributed by atoms with Crippen LogP contribution in [0.2, 0.25) is 0 Å². The number of carbonyl (C=O) groups excluding carboxylic acids is 5. The smallest absolute Gasteiger partial charge is 0.350 e. The molecular weight excluding hydrogens is 643 g/mol. The molecule has 0 aliphatic heterocycles. The zero-order chi connectivity index (χ0) is 36.1.